The molecule has 0 radical (unpaired) electrons. The number of carbonyl (C=O) groups excluding carboxylic acids is 1. The fourth-order valence-electron chi connectivity index (χ4n) is 2.07. The molecule has 0 bridgehead atoms. The molecule has 0 saturated heterocycles. The van der Waals surface area contributed by atoms with Gasteiger partial charge in [0.2, 0.25) is 0 Å². The number of thiazole rings is 1. The van der Waals surface area contributed by atoms with Crippen molar-refractivity contribution in [3.8, 4) is 10.7 Å². The summed E-state index contributed by atoms with van der Waals surface area (Å²) in [5.74, 6) is -0.541. The second-order valence-corrected chi connectivity index (χ2v) is 6.01. The monoisotopic (exact) mass is 358 g/mol. The summed E-state index contributed by atoms with van der Waals surface area (Å²) in [4.78, 5) is 49.7. The number of hydrogen-bond acceptors (Lipinski definition) is 7. The summed E-state index contributed by atoms with van der Waals surface area (Å²) in [5.41, 5.74) is 0.111. The Bertz CT molecular complexity index is 1010. The van der Waals surface area contributed by atoms with Gasteiger partial charge in [-0.3, -0.25) is 24.5 Å². The van der Waals surface area contributed by atoms with Crippen molar-refractivity contribution in [1.82, 2.24) is 29.8 Å². The number of nitrogens with zero attached hydrogens (tertiary/aromatic N) is 4. The molecule has 3 rings (SSSR count). The first kappa shape index (κ1) is 16.7. The second kappa shape index (κ2) is 7.18. The first-order valence-corrected chi connectivity index (χ1v) is 8.21. The summed E-state index contributed by atoms with van der Waals surface area (Å²) in [6.07, 6.45) is 6.55. The van der Waals surface area contributed by atoms with Gasteiger partial charge in [0.15, 0.2) is 0 Å². The highest BCUT2D eigenvalue weighted by molar-refractivity contribution is 7.13. The van der Waals surface area contributed by atoms with Crippen LogP contribution in [0.4, 0.5) is 0 Å². The standard InChI is InChI=1S/C15H14N6O3S/c1-21-7-10(13(23)20-15(21)24)12(22)18-3-2-9-8-25-14(19-9)11-6-16-4-5-17-11/h4-8H,2-3H2,1H3,(H,18,22)(H,20,23,24). The molecule has 3 aromatic heterocycles. The van der Waals surface area contributed by atoms with Crippen molar-refractivity contribution in [1.29, 1.82) is 0 Å². The summed E-state index contributed by atoms with van der Waals surface area (Å²) >= 11 is 1.44. The third-order valence-electron chi connectivity index (χ3n) is 3.35. The van der Waals surface area contributed by atoms with E-state index in [2.05, 4.69) is 25.3 Å². The average molecular weight is 358 g/mol. The largest absolute Gasteiger partial charge is 0.351 e. The fourth-order valence-corrected chi connectivity index (χ4v) is 2.89. The van der Waals surface area contributed by atoms with Crippen LogP contribution in [0.2, 0.25) is 0 Å². The van der Waals surface area contributed by atoms with E-state index in [9.17, 15) is 14.4 Å². The molecular weight excluding hydrogens is 344 g/mol. The Morgan fingerprint density at radius 1 is 1.36 bits per heavy atom. The molecule has 25 heavy (non-hydrogen) atoms. The van der Waals surface area contributed by atoms with E-state index in [-0.39, 0.29) is 5.56 Å². The van der Waals surface area contributed by atoms with Crippen LogP contribution in [0.25, 0.3) is 10.7 Å². The van der Waals surface area contributed by atoms with Gasteiger partial charge in [0.05, 0.1) is 11.9 Å². The molecule has 3 aromatic rings. The summed E-state index contributed by atoms with van der Waals surface area (Å²) in [7, 11) is 1.46. The van der Waals surface area contributed by atoms with Crippen molar-refractivity contribution in [2.45, 2.75) is 6.42 Å². The first-order chi connectivity index (χ1) is 12.0. The van der Waals surface area contributed by atoms with Crippen LogP contribution in [0, 0.1) is 0 Å². The van der Waals surface area contributed by atoms with Crippen molar-refractivity contribution < 1.29 is 4.79 Å². The van der Waals surface area contributed by atoms with Gasteiger partial charge in [-0.2, -0.15) is 0 Å². The van der Waals surface area contributed by atoms with Crippen LogP contribution in [0.3, 0.4) is 0 Å². The molecule has 1 amide bonds. The van der Waals surface area contributed by atoms with E-state index in [1.54, 1.807) is 18.6 Å². The lowest BCUT2D eigenvalue weighted by molar-refractivity contribution is 0.0951. The topological polar surface area (TPSA) is 123 Å². The zero-order chi connectivity index (χ0) is 17.8. The fraction of sp³-hybridized carbons (Fsp3) is 0.200. The molecule has 0 spiro atoms. The van der Waals surface area contributed by atoms with Crippen molar-refractivity contribution in [3.05, 3.63) is 62.3 Å². The molecule has 0 unspecified atom stereocenters. The first-order valence-electron chi connectivity index (χ1n) is 7.33. The number of aryl methyl sites for hydroxylation is 1. The van der Waals surface area contributed by atoms with Crippen LogP contribution < -0.4 is 16.6 Å². The van der Waals surface area contributed by atoms with E-state index in [0.29, 0.717) is 18.7 Å². The predicted molar refractivity (Wildman–Crippen MR) is 91.5 cm³/mol. The molecule has 10 heteroatoms. The molecule has 0 atom stereocenters. The Morgan fingerprint density at radius 3 is 2.96 bits per heavy atom. The van der Waals surface area contributed by atoms with E-state index in [1.807, 2.05) is 5.38 Å². The molecule has 0 aliphatic heterocycles. The smallest absolute Gasteiger partial charge is 0.328 e. The van der Waals surface area contributed by atoms with Gasteiger partial charge in [-0.05, 0) is 0 Å². The maximum atomic E-state index is 12.1. The van der Waals surface area contributed by atoms with Gasteiger partial charge in [-0.1, -0.05) is 0 Å². The number of hydrogen-bond donors (Lipinski definition) is 2. The molecule has 0 aromatic carbocycles. The number of aromatic nitrogens is 5. The summed E-state index contributed by atoms with van der Waals surface area (Å²) in [5, 5.41) is 5.28. The van der Waals surface area contributed by atoms with E-state index < -0.39 is 17.2 Å². The average Bonchev–Trinajstić information content (AvgIpc) is 3.08. The van der Waals surface area contributed by atoms with Gasteiger partial charge >= 0.3 is 5.69 Å². The SMILES string of the molecule is Cn1cc(C(=O)NCCc2csc(-c3cnccn3)n2)c(=O)[nH]c1=O. The van der Waals surface area contributed by atoms with Gasteiger partial charge in [-0.25, -0.2) is 9.78 Å². The van der Waals surface area contributed by atoms with Crippen LogP contribution in [0.15, 0.2) is 39.8 Å². The normalized spacial score (nSPS) is 10.6. The lowest BCUT2D eigenvalue weighted by atomic mass is 10.3. The molecule has 128 valence electrons. The van der Waals surface area contributed by atoms with Crippen LogP contribution >= 0.6 is 11.3 Å². The Labute approximate surface area is 145 Å². The van der Waals surface area contributed by atoms with Crippen molar-refractivity contribution in [3.63, 3.8) is 0 Å². The molecule has 3 heterocycles. The Morgan fingerprint density at radius 2 is 2.20 bits per heavy atom. The van der Waals surface area contributed by atoms with Crippen LogP contribution in [0.5, 0.6) is 0 Å². The number of carbonyl (C=O) groups is 1. The van der Waals surface area contributed by atoms with Crippen molar-refractivity contribution in [2.75, 3.05) is 6.54 Å². The summed E-state index contributed by atoms with van der Waals surface area (Å²) < 4.78 is 1.14. The van der Waals surface area contributed by atoms with Crippen LogP contribution in [0.1, 0.15) is 16.1 Å². The maximum Gasteiger partial charge on any atom is 0.328 e. The lowest BCUT2D eigenvalue weighted by Gasteiger charge is -2.04. The molecule has 9 nitrogen and oxygen atoms in total. The summed E-state index contributed by atoms with van der Waals surface area (Å²) in [6.45, 7) is 0.310. The van der Waals surface area contributed by atoms with Gasteiger partial charge in [0, 0.05) is 44.0 Å². The zero-order valence-corrected chi connectivity index (χ0v) is 14.0. The Kier molecular flexibility index (Phi) is 4.80. The van der Waals surface area contributed by atoms with E-state index in [4.69, 9.17) is 0 Å². The predicted octanol–water partition coefficient (Wildman–Crippen LogP) is -0.0404. The molecule has 0 aliphatic carbocycles. The van der Waals surface area contributed by atoms with Crippen LogP contribution in [-0.4, -0.2) is 37.0 Å². The summed E-state index contributed by atoms with van der Waals surface area (Å²) in [6, 6.07) is 0. The van der Waals surface area contributed by atoms with Gasteiger partial charge in [0.1, 0.15) is 16.3 Å². The van der Waals surface area contributed by atoms with E-state index in [0.717, 1.165) is 15.3 Å². The number of amides is 1. The third kappa shape index (κ3) is 3.86. The molecular formula is C15H14N6O3S. The number of aromatic amines is 1. The highest BCUT2D eigenvalue weighted by atomic mass is 32.1. The highest BCUT2D eigenvalue weighted by Gasteiger charge is 2.12. The number of rotatable bonds is 5. The minimum atomic E-state index is -0.709. The van der Waals surface area contributed by atoms with Gasteiger partial charge in [0.25, 0.3) is 11.5 Å². The molecule has 0 aliphatic rings. The minimum absolute atomic E-state index is 0.111. The van der Waals surface area contributed by atoms with Crippen molar-refractivity contribution >= 4 is 17.2 Å². The minimum Gasteiger partial charge on any atom is -0.351 e. The second-order valence-electron chi connectivity index (χ2n) is 5.15. The molecule has 2 N–H and O–H groups in total. The van der Waals surface area contributed by atoms with E-state index in [1.165, 1.54) is 24.6 Å². The number of nitrogens with one attached hydrogen (secondary N) is 2. The van der Waals surface area contributed by atoms with E-state index >= 15 is 0 Å². The quantitative estimate of drug-likeness (QED) is 0.660. The Balaban J connectivity index is 1.61. The maximum absolute atomic E-state index is 12.1. The van der Waals surface area contributed by atoms with Crippen LogP contribution in [-0.2, 0) is 13.5 Å². The van der Waals surface area contributed by atoms with Gasteiger partial charge in [-0.15, -0.1) is 11.3 Å². The van der Waals surface area contributed by atoms with Gasteiger partial charge < -0.3 is 9.88 Å². The lowest BCUT2D eigenvalue weighted by Crippen LogP contribution is -2.36. The highest BCUT2D eigenvalue weighted by Crippen LogP contribution is 2.20. The molecule has 0 fully saturated rings. The molecule has 0 saturated carbocycles. The number of H-pyrrole nitrogens is 1. The third-order valence-corrected chi connectivity index (χ3v) is 4.27. The van der Waals surface area contributed by atoms with Crippen molar-refractivity contribution in [2.24, 2.45) is 7.05 Å². The Hall–Kier alpha value is -3.14. The zero-order valence-electron chi connectivity index (χ0n) is 13.2.